The van der Waals surface area contributed by atoms with Gasteiger partial charge in [-0.25, -0.2) is 14.4 Å². The van der Waals surface area contributed by atoms with Crippen molar-refractivity contribution >= 4 is 24.2 Å². The van der Waals surface area contributed by atoms with Crippen molar-refractivity contribution in [3.05, 3.63) is 69.8 Å². The first-order valence-electron chi connectivity index (χ1n) is 8.52. The molecule has 0 atom stereocenters. The van der Waals surface area contributed by atoms with Crippen LogP contribution >= 0.6 is 0 Å². The number of fused-ring (bicyclic) bond motifs is 1. The molecule has 0 aromatic heterocycles. The van der Waals surface area contributed by atoms with Crippen LogP contribution in [0.3, 0.4) is 0 Å². The van der Waals surface area contributed by atoms with E-state index in [1.165, 1.54) is 0 Å². The predicted octanol–water partition coefficient (Wildman–Crippen LogP) is 4.01. The number of rotatable bonds is 4. The molecule has 0 spiro atoms. The Morgan fingerprint density at radius 2 is 1.41 bits per heavy atom. The zero-order chi connectivity index (χ0) is 24.1. The molecule has 1 aliphatic rings. The lowest BCUT2D eigenvalue weighted by Gasteiger charge is -2.38. The minimum absolute atomic E-state index is 0.0913. The minimum atomic E-state index is -6.03. The van der Waals surface area contributed by atoms with Gasteiger partial charge < -0.3 is 9.47 Å². The number of cyclic esters (lactones) is 2. The molecular weight excluding hydrogens is 450 g/mol. The van der Waals surface area contributed by atoms with Crippen molar-refractivity contribution in [1.29, 1.82) is 0 Å². The van der Waals surface area contributed by atoms with E-state index in [1.54, 1.807) is 0 Å². The van der Waals surface area contributed by atoms with Crippen LogP contribution in [0, 0.1) is 0 Å². The first kappa shape index (κ1) is 23.0. The lowest BCUT2D eigenvalue weighted by Crippen LogP contribution is -2.55. The van der Waals surface area contributed by atoms with E-state index in [4.69, 9.17) is 0 Å². The van der Waals surface area contributed by atoms with Crippen molar-refractivity contribution in [3.63, 3.8) is 0 Å². The second-order valence-electron chi connectivity index (χ2n) is 6.59. The number of benzene rings is 2. The van der Waals surface area contributed by atoms with Crippen molar-refractivity contribution in [2.75, 3.05) is 7.11 Å². The first-order valence-corrected chi connectivity index (χ1v) is 8.52. The first-order chi connectivity index (χ1) is 14.8. The van der Waals surface area contributed by atoms with E-state index in [0.29, 0.717) is 24.3 Å². The molecule has 2 aromatic carbocycles. The number of aldehydes is 1. The maximum Gasteiger partial charge on any atom is 0.411 e. The summed E-state index contributed by atoms with van der Waals surface area (Å²) in [6.07, 6.45) is -12.1. The van der Waals surface area contributed by atoms with E-state index in [9.17, 15) is 45.5 Å². The molecule has 0 saturated carbocycles. The van der Waals surface area contributed by atoms with Gasteiger partial charge in [0.05, 0.1) is 23.8 Å². The smallest absolute Gasteiger partial charge is 0.411 e. The van der Waals surface area contributed by atoms with Gasteiger partial charge in [-0.2, -0.15) is 26.3 Å². The van der Waals surface area contributed by atoms with Gasteiger partial charge in [0.2, 0.25) is 5.41 Å². The van der Waals surface area contributed by atoms with Crippen LogP contribution in [0.4, 0.5) is 26.3 Å². The zero-order valence-electron chi connectivity index (χ0n) is 15.8. The van der Waals surface area contributed by atoms with E-state index in [2.05, 4.69) is 9.47 Å². The molecule has 2 aromatic rings. The maximum atomic E-state index is 14.2. The topological polar surface area (TPSA) is 86.7 Å². The Balaban J connectivity index is 2.40. The van der Waals surface area contributed by atoms with Gasteiger partial charge in [0.25, 0.3) is 0 Å². The summed E-state index contributed by atoms with van der Waals surface area (Å²) in [4.78, 5) is 46.3. The van der Waals surface area contributed by atoms with Crippen LogP contribution in [-0.2, 0) is 14.9 Å². The van der Waals surface area contributed by atoms with E-state index in [0.717, 1.165) is 7.11 Å². The third-order valence-electron chi connectivity index (χ3n) is 4.95. The molecule has 0 radical (unpaired) electrons. The molecule has 6 nitrogen and oxygen atoms in total. The van der Waals surface area contributed by atoms with Crippen molar-refractivity contribution < 1.29 is 55.0 Å². The van der Waals surface area contributed by atoms with Crippen LogP contribution in [0.5, 0.6) is 0 Å². The molecule has 32 heavy (non-hydrogen) atoms. The average Bonchev–Trinajstić information content (AvgIpc) is 2.99. The fourth-order valence-corrected chi connectivity index (χ4v) is 3.49. The molecule has 1 heterocycles. The lowest BCUT2D eigenvalue weighted by atomic mass is 9.71. The quantitative estimate of drug-likeness (QED) is 0.297. The largest absolute Gasteiger partial charge is 0.465 e. The molecule has 0 bridgehead atoms. The second kappa shape index (κ2) is 7.46. The number of carbonyl (C=O) groups is 4. The van der Waals surface area contributed by atoms with E-state index in [-0.39, 0.29) is 18.4 Å². The van der Waals surface area contributed by atoms with Crippen LogP contribution in [0.1, 0.15) is 52.6 Å². The Labute approximate surface area is 174 Å². The van der Waals surface area contributed by atoms with Gasteiger partial charge in [0, 0.05) is 5.56 Å². The van der Waals surface area contributed by atoms with Gasteiger partial charge in [-0.15, -0.1) is 0 Å². The van der Waals surface area contributed by atoms with Crippen molar-refractivity contribution in [3.8, 4) is 0 Å². The van der Waals surface area contributed by atoms with E-state index in [1.807, 2.05) is 0 Å². The number of hydrogen-bond donors (Lipinski definition) is 0. The number of halogens is 6. The lowest BCUT2D eigenvalue weighted by molar-refractivity contribution is -0.288. The standard InChI is InChI=1S/C20H10F6O6/c1-31-15(28)12-4-2-10(6-9(12)8-27)18(19(21,22)23,20(24,25)26)11-3-5-13-14(7-11)17(30)32-16(13)29/h2-8H,1H3. The highest BCUT2D eigenvalue weighted by molar-refractivity contribution is 6.14. The van der Waals surface area contributed by atoms with Gasteiger partial charge in [0.15, 0.2) is 6.29 Å². The highest BCUT2D eigenvalue weighted by atomic mass is 19.4. The summed E-state index contributed by atoms with van der Waals surface area (Å²) < 4.78 is 94.1. The van der Waals surface area contributed by atoms with Crippen LogP contribution in [0.25, 0.3) is 0 Å². The summed E-state index contributed by atoms with van der Waals surface area (Å²) >= 11 is 0. The molecule has 0 unspecified atom stereocenters. The molecule has 1 aliphatic heterocycles. The molecule has 0 aliphatic carbocycles. The third kappa shape index (κ3) is 3.22. The van der Waals surface area contributed by atoms with Crippen LogP contribution in [-0.4, -0.2) is 43.7 Å². The molecule has 12 heteroatoms. The summed E-state index contributed by atoms with van der Waals surface area (Å²) in [6.45, 7) is 0. The average molecular weight is 460 g/mol. The summed E-state index contributed by atoms with van der Waals surface area (Å²) in [5.41, 5.74) is -10.2. The molecule has 3 rings (SSSR count). The van der Waals surface area contributed by atoms with Gasteiger partial charge in [-0.05, 0) is 35.4 Å². The fourth-order valence-electron chi connectivity index (χ4n) is 3.49. The van der Waals surface area contributed by atoms with Gasteiger partial charge in [0.1, 0.15) is 0 Å². The van der Waals surface area contributed by atoms with Gasteiger partial charge in [-0.3, -0.25) is 4.79 Å². The van der Waals surface area contributed by atoms with Crippen molar-refractivity contribution in [2.45, 2.75) is 17.8 Å². The molecule has 0 N–H and O–H groups in total. The van der Waals surface area contributed by atoms with Gasteiger partial charge >= 0.3 is 30.3 Å². The Hall–Kier alpha value is -3.70. The molecule has 168 valence electrons. The molecule has 0 saturated heterocycles. The Morgan fingerprint density at radius 3 is 1.94 bits per heavy atom. The number of methoxy groups -OCH3 is 1. The van der Waals surface area contributed by atoms with Crippen molar-refractivity contribution in [1.82, 2.24) is 0 Å². The minimum Gasteiger partial charge on any atom is -0.465 e. The second-order valence-corrected chi connectivity index (χ2v) is 6.59. The normalized spacial score (nSPS) is 14.1. The molecular formula is C20H10F6O6. The van der Waals surface area contributed by atoms with Crippen LogP contribution in [0.2, 0.25) is 0 Å². The summed E-state index contributed by atoms with van der Waals surface area (Å²) in [7, 11) is 0.908. The zero-order valence-corrected chi connectivity index (χ0v) is 15.8. The number of alkyl halides is 6. The summed E-state index contributed by atoms with van der Waals surface area (Å²) in [5, 5.41) is 0. The monoisotopic (exact) mass is 460 g/mol. The molecule has 0 amide bonds. The highest BCUT2D eigenvalue weighted by Crippen LogP contribution is 2.56. The fraction of sp³-hybridized carbons (Fsp3) is 0.200. The van der Waals surface area contributed by atoms with Gasteiger partial charge in [-0.1, -0.05) is 12.1 Å². The highest BCUT2D eigenvalue weighted by Gasteiger charge is 2.72. The Kier molecular flexibility index (Phi) is 5.36. The van der Waals surface area contributed by atoms with E-state index < -0.39 is 69.1 Å². The SMILES string of the molecule is COC(=O)c1ccc(C(c2ccc3c(c2)C(=O)OC3=O)(C(F)(F)F)C(F)(F)F)cc1C=O. The summed E-state index contributed by atoms with van der Waals surface area (Å²) in [5.74, 6) is -3.77. The van der Waals surface area contributed by atoms with E-state index >= 15 is 0 Å². The summed E-state index contributed by atoms with van der Waals surface area (Å²) in [6, 6.07) is 2.55. The predicted molar refractivity (Wildman–Crippen MR) is 92.2 cm³/mol. The van der Waals surface area contributed by atoms with Crippen LogP contribution in [0.15, 0.2) is 36.4 Å². The Bertz CT molecular complexity index is 1130. The van der Waals surface area contributed by atoms with Crippen molar-refractivity contribution in [2.24, 2.45) is 0 Å². The number of esters is 3. The number of carbonyl (C=O) groups excluding carboxylic acids is 4. The Morgan fingerprint density at radius 1 is 0.875 bits per heavy atom. The molecule has 0 fully saturated rings. The maximum absolute atomic E-state index is 14.2. The number of ether oxygens (including phenoxy) is 2. The van der Waals surface area contributed by atoms with Crippen LogP contribution < -0.4 is 0 Å². The third-order valence-corrected chi connectivity index (χ3v) is 4.95. The number of hydrogen-bond acceptors (Lipinski definition) is 6.